The van der Waals surface area contributed by atoms with Gasteiger partial charge in [-0.25, -0.2) is 13.4 Å². The topological polar surface area (TPSA) is 89.2 Å². The van der Waals surface area contributed by atoms with Gasteiger partial charge in [-0.15, -0.1) is 0 Å². The lowest BCUT2D eigenvalue weighted by Gasteiger charge is -2.30. The van der Waals surface area contributed by atoms with Gasteiger partial charge in [0.05, 0.1) is 10.8 Å². The van der Waals surface area contributed by atoms with Crippen molar-refractivity contribution in [2.45, 2.75) is 53.8 Å². The average molecular weight is 451 g/mol. The predicted molar refractivity (Wildman–Crippen MR) is 113 cm³/mol. The maximum Gasteiger partial charge on any atom is 0.244 e. The molecule has 7 nitrogen and oxygen atoms in total. The van der Waals surface area contributed by atoms with Gasteiger partial charge in [-0.05, 0) is 36.4 Å². The highest BCUT2D eigenvalue weighted by atomic mass is 32.2. The van der Waals surface area contributed by atoms with Gasteiger partial charge >= 0.3 is 0 Å². The Bertz CT molecular complexity index is 1030. The van der Waals surface area contributed by atoms with Gasteiger partial charge in [0.1, 0.15) is 4.90 Å². The zero-order valence-corrected chi connectivity index (χ0v) is 18.5. The van der Waals surface area contributed by atoms with E-state index in [-0.39, 0.29) is 10.9 Å². The molecule has 0 aromatic carbocycles. The number of thiophene rings is 1. The number of sulfonamides is 1. The Hall–Kier alpha value is -1.75. The SMILES string of the molecule is CN(C1CCCCC1)S(=O)(=O)c1ccc(SCc2nc(-c3ccsc3)no2)nc1. The Morgan fingerprint density at radius 3 is 2.76 bits per heavy atom. The maximum atomic E-state index is 12.9. The van der Waals surface area contributed by atoms with Crippen LogP contribution in [0.4, 0.5) is 0 Å². The maximum absolute atomic E-state index is 12.9. The van der Waals surface area contributed by atoms with Crippen LogP contribution in [0.25, 0.3) is 11.4 Å². The van der Waals surface area contributed by atoms with E-state index in [0.29, 0.717) is 22.5 Å². The first kappa shape index (κ1) is 20.5. The van der Waals surface area contributed by atoms with Crippen molar-refractivity contribution < 1.29 is 12.9 Å². The zero-order valence-electron chi connectivity index (χ0n) is 16.0. The summed E-state index contributed by atoms with van der Waals surface area (Å²) in [5.41, 5.74) is 0.935. The molecule has 0 N–H and O–H groups in total. The number of aromatic nitrogens is 3. The van der Waals surface area contributed by atoms with E-state index in [1.807, 2.05) is 16.8 Å². The van der Waals surface area contributed by atoms with E-state index in [1.165, 1.54) is 28.7 Å². The highest BCUT2D eigenvalue weighted by molar-refractivity contribution is 7.98. The van der Waals surface area contributed by atoms with Crippen molar-refractivity contribution in [2.24, 2.45) is 0 Å². The van der Waals surface area contributed by atoms with Crippen molar-refractivity contribution in [3.05, 3.63) is 41.0 Å². The lowest BCUT2D eigenvalue weighted by atomic mass is 9.96. The van der Waals surface area contributed by atoms with E-state index in [9.17, 15) is 8.42 Å². The van der Waals surface area contributed by atoms with Gasteiger partial charge in [-0.3, -0.25) is 0 Å². The van der Waals surface area contributed by atoms with Crippen LogP contribution in [0.2, 0.25) is 0 Å². The normalized spacial score (nSPS) is 15.8. The third-order valence-corrected chi connectivity index (χ3v) is 8.57. The largest absolute Gasteiger partial charge is 0.338 e. The van der Waals surface area contributed by atoms with E-state index < -0.39 is 10.0 Å². The van der Waals surface area contributed by atoms with Crippen LogP contribution >= 0.6 is 23.1 Å². The lowest BCUT2D eigenvalue weighted by Crippen LogP contribution is -2.38. The first-order valence-corrected chi connectivity index (χ1v) is 12.8. The number of hydrogen-bond donors (Lipinski definition) is 0. The Morgan fingerprint density at radius 2 is 2.07 bits per heavy atom. The lowest BCUT2D eigenvalue weighted by molar-refractivity contribution is 0.285. The molecule has 3 aromatic heterocycles. The summed E-state index contributed by atoms with van der Waals surface area (Å²) in [4.78, 5) is 8.92. The molecule has 0 spiro atoms. The summed E-state index contributed by atoms with van der Waals surface area (Å²) in [6, 6.07) is 5.37. The van der Waals surface area contributed by atoms with Crippen molar-refractivity contribution >= 4 is 33.1 Å². The molecule has 3 heterocycles. The van der Waals surface area contributed by atoms with Gasteiger partial charge in [0.15, 0.2) is 0 Å². The first-order valence-electron chi connectivity index (χ1n) is 9.46. The van der Waals surface area contributed by atoms with Crippen molar-refractivity contribution in [1.29, 1.82) is 0 Å². The fourth-order valence-corrected chi connectivity index (χ4v) is 6.05. The molecule has 0 amide bonds. The second-order valence-corrected chi connectivity index (χ2v) is 10.7. The average Bonchev–Trinajstić information content (AvgIpc) is 3.44. The van der Waals surface area contributed by atoms with E-state index in [4.69, 9.17) is 4.52 Å². The molecule has 10 heteroatoms. The van der Waals surface area contributed by atoms with E-state index >= 15 is 0 Å². The van der Waals surface area contributed by atoms with E-state index in [1.54, 1.807) is 30.5 Å². The molecule has 1 fully saturated rings. The second kappa shape index (κ2) is 8.95. The predicted octanol–water partition coefficient (Wildman–Crippen LogP) is 4.44. The molecule has 1 aliphatic rings. The van der Waals surface area contributed by atoms with Gasteiger partial charge in [0, 0.05) is 30.2 Å². The Morgan fingerprint density at radius 1 is 1.24 bits per heavy atom. The van der Waals surface area contributed by atoms with Crippen LogP contribution < -0.4 is 0 Å². The number of rotatable bonds is 7. The van der Waals surface area contributed by atoms with Crippen molar-refractivity contribution in [3.8, 4) is 11.4 Å². The molecular weight excluding hydrogens is 428 g/mol. The number of pyridine rings is 1. The van der Waals surface area contributed by atoms with Crippen LogP contribution in [0.1, 0.15) is 38.0 Å². The van der Waals surface area contributed by atoms with Gasteiger partial charge in [-0.1, -0.05) is 36.2 Å². The molecule has 4 rings (SSSR count). The second-order valence-electron chi connectivity index (χ2n) is 6.96. The minimum atomic E-state index is -3.52. The van der Waals surface area contributed by atoms with E-state index in [0.717, 1.165) is 31.2 Å². The molecule has 0 bridgehead atoms. The first-order chi connectivity index (χ1) is 14.0. The molecule has 0 unspecified atom stereocenters. The highest BCUT2D eigenvalue weighted by Gasteiger charge is 2.29. The third-order valence-electron chi connectivity index (χ3n) is 5.07. The standard InChI is InChI=1S/C19H22N4O3S3/c1-23(15-5-3-2-4-6-15)29(24,25)16-7-8-18(20-11-16)28-13-17-21-19(22-26-17)14-9-10-27-12-14/h7-12,15H,2-6,13H2,1H3. The van der Waals surface area contributed by atoms with Crippen molar-refractivity contribution in [1.82, 2.24) is 19.4 Å². The molecule has 0 aliphatic heterocycles. The number of nitrogens with zero attached hydrogens (tertiary/aromatic N) is 4. The monoisotopic (exact) mass is 450 g/mol. The minimum absolute atomic E-state index is 0.0813. The van der Waals surface area contributed by atoms with E-state index in [2.05, 4.69) is 15.1 Å². The van der Waals surface area contributed by atoms with Gasteiger partial charge in [-0.2, -0.15) is 20.6 Å². The van der Waals surface area contributed by atoms with Crippen LogP contribution in [0.5, 0.6) is 0 Å². The van der Waals surface area contributed by atoms with Crippen molar-refractivity contribution in [3.63, 3.8) is 0 Å². The highest BCUT2D eigenvalue weighted by Crippen LogP contribution is 2.28. The Balaban J connectivity index is 1.38. The third kappa shape index (κ3) is 4.71. The van der Waals surface area contributed by atoms with Crippen LogP contribution in [0, 0.1) is 0 Å². The molecular formula is C19H22N4O3S3. The summed E-state index contributed by atoms with van der Waals surface area (Å²) in [5.74, 6) is 1.55. The number of thioether (sulfide) groups is 1. The van der Waals surface area contributed by atoms with Gasteiger partial charge in [0.25, 0.3) is 0 Å². The Kier molecular flexibility index (Phi) is 6.33. The molecule has 29 heavy (non-hydrogen) atoms. The van der Waals surface area contributed by atoms with Crippen LogP contribution in [-0.2, 0) is 15.8 Å². The molecule has 1 saturated carbocycles. The number of hydrogen-bond acceptors (Lipinski definition) is 8. The van der Waals surface area contributed by atoms with Crippen molar-refractivity contribution in [2.75, 3.05) is 7.05 Å². The molecule has 0 radical (unpaired) electrons. The molecule has 0 atom stereocenters. The summed E-state index contributed by atoms with van der Waals surface area (Å²) in [7, 11) is -1.85. The summed E-state index contributed by atoms with van der Waals surface area (Å²) >= 11 is 3.01. The van der Waals surface area contributed by atoms with Gasteiger partial charge < -0.3 is 4.52 Å². The summed E-state index contributed by atoms with van der Waals surface area (Å²) in [6.45, 7) is 0. The summed E-state index contributed by atoms with van der Waals surface area (Å²) in [6.07, 6.45) is 6.64. The molecule has 1 aliphatic carbocycles. The minimum Gasteiger partial charge on any atom is -0.338 e. The van der Waals surface area contributed by atoms with Crippen LogP contribution in [0.3, 0.4) is 0 Å². The molecule has 154 valence electrons. The molecule has 3 aromatic rings. The molecule has 0 saturated heterocycles. The van der Waals surface area contributed by atoms with Gasteiger partial charge in [0.2, 0.25) is 21.7 Å². The summed E-state index contributed by atoms with van der Waals surface area (Å²) in [5, 5.41) is 8.62. The fourth-order valence-electron chi connectivity index (χ4n) is 3.37. The van der Waals surface area contributed by atoms with Crippen LogP contribution in [0.15, 0.2) is 49.6 Å². The zero-order chi connectivity index (χ0) is 20.3. The Labute approximate surface area is 178 Å². The smallest absolute Gasteiger partial charge is 0.244 e. The summed E-state index contributed by atoms with van der Waals surface area (Å²) < 4.78 is 32.6. The van der Waals surface area contributed by atoms with Crippen LogP contribution in [-0.4, -0.2) is 40.9 Å². The fraction of sp³-hybridized carbons (Fsp3) is 0.421. The quantitative estimate of drug-likeness (QED) is 0.492.